The quantitative estimate of drug-likeness (QED) is 0.606. The fourth-order valence-corrected chi connectivity index (χ4v) is 1.60. The highest BCUT2D eigenvalue weighted by atomic mass is 16.3. The van der Waals surface area contributed by atoms with E-state index in [1.165, 1.54) is 19.3 Å². The van der Waals surface area contributed by atoms with Gasteiger partial charge < -0.3 is 10.8 Å². The van der Waals surface area contributed by atoms with Crippen LogP contribution in [0.5, 0.6) is 0 Å². The van der Waals surface area contributed by atoms with Crippen molar-refractivity contribution in [2.24, 2.45) is 5.73 Å². The molecule has 3 N–H and O–H groups in total. The van der Waals surface area contributed by atoms with Gasteiger partial charge in [0.2, 0.25) is 0 Å². The van der Waals surface area contributed by atoms with Crippen LogP contribution in [0.3, 0.4) is 0 Å². The third-order valence-corrected chi connectivity index (χ3v) is 2.70. The number of rotatable bonds is 8. The highest BCUT2D eigenvalue weighted by molar-refractivity contribution is 4.83. The van der Waals surface area contributed by atoms with Crippen molar-refractivity contribution >= 4 is 0 Å². The summed E-state index contributed by atoms with van der Waals surface area (Å²) in [6.45, 7) is 10.4. The number of hydrogen-bond donors (Lipinski definition) is 2. The molecule has 3 nitrogen and oxygen atoms in total. The van der Waals surface area contributed by atoms with Crippen molar-refractivity contribution in [3.8, 4) is 0 Å². The van der Waals surface area contributed by atoms with Gasteiger partial charge in [0.25, 0.3) is 0 Å². The van der Waals surface area contributed by atoms with E-state index in [0.717, 1.165) is 13.1 Å². The van der Waals surface area contributed by atoms with E-state index in [0.29, 0.717) is 6.04 Å². The molecule has 1 atom stereocenters. The topological polar surface area (TPSA) is 49.5 Å². The first-order valence-electron chi connectivity index (χ1n) is 6.06. The van der Waals surface area contributed by atoms with Crippen molar-refractivity contribution in [3.63, 3.8) is 0 Å². The molecule has 0 fully saturated rings. The number of unbranched alkanes of at least 4 members (excludes halogenated alkanes) is 2. The highest BCUT2D eigenvalue weighted by Crippen LogP contribution is 2.08. The van der Waals surface area contributed by atoms with E-state index in [9.17, 15) is 0 Å². The predicted octanol–water partition coefficient (Wildman–Crippen LogP) is 1.60. The smallest absolute Gasteiger partial charge is 0.0621 e. The molecule has 3 heteroatoms. The van der Waals surface area contributed by atoms with Gasteiger partial charge in [-0.15, -0.1) is 0 Å². The predicted molar refractivity (Wildman–Crippen MR) is 65.9 cm³/mol. The molecule has 0 aromatic rings. The molecule has 0 aromatic heterocycles. The molecule has 0 amide bonds. The van der Waals surface area contributed by atoms with E-state index in [1.54, 1.807) is 0 Å². The molecule has 15 heavy (non-hydrogen) atoms. The zero-order valence-corrected chi connectivity index (χ0v) is 10.8. The molecule has 1 unspecified atom stereocenters. The third-order valence-electron chi connectivity index (χ3n) is 2.70. The molecular formula is C12H28N2O. The van der Waals surface area contributed by atoms with Gasteiger partial charge in [0.05, 0.1) is 6.61 Å². The minimum Gasteiger partial charge on any atom is -0.394 e. The lowest BCUT2D eigenvalue weighted by molar-refractivity contribution is 0.126. The molecule has 0 bridgehead atoms. The summed E-state index contributed by atoms with van der Waals surface area (Å²) >= 11 is 0. The van der Waals surface area contributed by atoms with Crippen LogP contribution in [-0.4, -0.2) is 41.3 Å². The number of aliphatic hydroxyl groups excluding tert-OH is 1. The minimum absolute atomic E-state index is 0.0456. The van der Waals surface area contributed by atoms with Gasteiger partial charge in [-0.2, -0.15) is 0 Å². The molecular weight excluding hydrogens is 188 g/mol. The summed E-state index contributed by atoms with van der Waals surface area (Å²) in [4.78, 5) is 2.35. The van der Waals surface area contributed by atoms with Gasteiger partial charge >= 0.3 is 0 Å². The van der Waals surface area contributed by atoms with Gasteiger partial charge in [0.15, 0.2) is 0 Å². The van der Waals surface area contributed by atoms with E-state index in [4.69, 9.17) is 10.8 Å². The fourth-order valence-electron chi connectivity index (χ4n) is 1.60. The Balaban J connectivity index is 4.04. The molecule has 0 heterocycles. The average Bonchev–Trinajstić information content (AvgIpc) is 2.16. The molecule has 0 rings (SSSR count). The maximum absolute atomic E-state index is 9.14. The van der Waals surface area contributed by atoms with Crippen molar-refractivity contribution in [2.45, 2.75) is 58.5 Å². The maximum Gasteiger partial charge on any atom is 0.0621 e. The van der Waals surface area contributed by atoms with Crippen LogP contribution in [-0.2, 0) is 0 Å². The summed E-state index contributed by atoms with van der Waals surface area (Å²) in [5, 5.41) is 9.14. The monoisotopic (exact) mass is 216 g/mol. The molecule has 0 spiro atoms. The lowest BCUT2D eigenvalue weighted by Crippen LogP contribution is -2.52. The van der Waals surface area contributed by atoms with Crippen molar-refractivity contribution < 1.29 is 5.11 Å². The number of aliphatic hydroxyl groups is 1. The van der Waals surface area contributed by atoms with Crippen LogP contribution in [0.4, 0.5) is 0 Å². The second kappa shape index (κ2) is 7.20. The van der Waals surface area contributed by atoms with Crippen LogP contribution in [0.2, 0.25) is 0 Å². The van der Waals surface area contributed by atoms with Crippen molar-refractivity contribution in [1.82, 2.24) is 4.90 Å². The molecule has 0 radical (unpaired) electrons. The van der Waals surface area contributed by atoms with Gasteiger partial charge in [-0.1, -0.05) is 19.8 Å². The summed E-state index contributed by atoms with van der Waals surface area (Å²) in [6, 6.07) is 0.497. The van der Waals surface area contributed by atoms with Gasteiger partial charge in [-0.05, 0) is 33.7 Å². The minimum atomic E-state index is -0.476. The summed E-state index contributed by atoms with van der Waals surface area (Å²) in [5.41, 5.74) is 5.49. The van der Waals surface area contributed by atoms with E-state index >= 15 is 0 Å². The summed E-state index contributed by atoms with van der Waals surface area (Å²) in [6.07, 6.45) is 3.73. The molecule has 0 aliphatic carbocycles. The second-order valence-electron chi connectivity index (χ2n) is 5.08. The molecule has 0 aromatic carbocycles. The Bertz CT molecular complexity index is 158. The lowest BCUT2D eigenvalue weighted by Gasteiger charge is -2.34. The van der Waals surface area contributed by atoms with Gasteiger partial charge in [-0.25, -0.2) is 0 Å². The first-order valence-corrected chi connectivity index (χ1v) is 6.06. The molecule has 0 aliphatic heterocycles. The molecule has 0 saturated heterocycles. The molecule has 0 saturated carbocycles. The normalized spacial score (nSPS) is 16.0. The second-order valence-corrected chi connectivity index (χ2v) is 5.08. The Morgan fingerprint density at radius 2 is 1.93 bits per heavy atom. The molecule has 92 valence electrons. The first kappa shape index (κ1) is 14.9. The van der Waals surface area contributed by atoms with Crippen LogP contribution in [0.25, 0.3) is 0 Å². The number of hydrogen-bond acceptors (Lipinski definition) is 3. The average molecular weight is 216 g/mol. The number of nitrogens with two attached hydrogens (primary N) is 1. The van der Waals surface area contributed by atoms with E-state index in [-0.39, 0.29) is 6.61 Å². The summed E-state index contributed by atoms with van der Waals surface area (Å²) < 4.78 is 0. The molecule has 0 aliphatic rings. The van der Waals surface area contributed by atoms with Crippen molar-refractivity contribution in [2.75, 3.05) is 19.7 Å². The van der Waals surface area contributed by atoms with Crippen molar-refractivity contribution in [3.05, 3.63) is 0 Å². The van der Waals surface area contributed by atoms with Gasteiger partial charge in [0, 0.05) is 18.1 Å². The zero-order valence-electron chi connectivity index (χ0n) is 10.8. The van der Waals surface area contributed by atoms with E-state index < -0.39 is 5.54 Å². The summed E-state index contributed by atoms with van der Waals surface area (Å²) in [5.74, 6) is 0. The van der Waals surface area contributed by atoms with Crippen molar-refractivity contribution in [1.29, 1.82) is 0 Å². The van der Waals surface area contributed by atoms with Crippen LogP contribution in [0.15, 0.2) is 0 Å². The highest BCUT2D eigenvalue weighted by Gasteiger charge is 2.22. The Hall–Kier alpha value is -0.120. The summed E-state index contributed by atoms with van der Waals surface area (Å²) in [7, 11) is 0. The maximum atomic E-state index is 9.14. The standard InChI is InChI=1S/C12H28N2O/c1-5-6-7-8-14(11(2)3)9-12(4,13)10-15/h11,15H,5-10,13H2,1-4H3. The van der Waals surface area contributed by atoms with Crippen LogP contribution >= 0.6 is 0 Å². The SMILES string of the molecule is CCCCCN(CC(C)(N)CO)C(C)C. The lowest BCUT2D eigenvalue weighted by atomic mass is 10.0. The van der Waals surface area contributed by atoms with Crippen LogP contribution < -0.4 is 5.73 Å². The Kier molecular flexibility index (Phi) is 7.14. The Morgan fingerprint density at radius 3 is 2.33 bits per heavy atom. The van der Waals surface area contributed by atoms with Gasteiger partial charge in [0.1, 0.15) is 0 Å². The third kappa shape index (κ3) is 6.88. The first-order chi connectivity index (χ1) is 6.93. The largest absolute Gasteiger partial charge is 0.394 e. The van der Waals surface area contributed by atoms with E-state index in [2.05, 4.69) is 25.7 Å². The Labute approximate surface area is 94.6 Å². The van der Waals surface area contributed by atoms with Crippen LogP contribution in [0.1, 0.15) is 47.0 Å². The van der Waals surface area contributed by atoms with E-state index in [1.807, 2.05) is 6.92 Å². The zero-order chi connectivity index (χ0) is 11.9. The van der Waals surface area contributed by atoms with Crippen LogP contribution in [0, 0.1) is 0 Å². The Morgan fingerprint density at radius 1 is 1.33 bits per heavy atom. The van der Waals surface area contributed by atoms with Gasteiger partial charge in [-0.3, -0.25) is 4.90 Å². The number of nitrogens with zero attached hydrogens (tertiary/aromatic N) is 1. The fraction of sp³-hybridized carbons (Fsp3) is 1.00.